The zero-order valence-electron chi connectivity index (χ0n) is 17.3. The summed E-state index contributed by atoms with van der Waals surface area (Å²) in [6, 6.07) is 2.36. The van der Waals surface area contributed by atoms with Crippen molar-refractivity contribution >= 4 is 17.8 Å². The second kappa shape index (κ2) is 8.75. The number of aromatic nitrogens is 1. The number of nitrogens with one attached hydrogen (secondary N) is 1. The van der Waals surface area contributed by atoms with E-state index in [1.807, 2.05) is 13.8 Å². The maximum Gasteiger partial charge on any atom is 0.408 e. The maximum absolute atomic E-state index is 13.2. The van der Waals surface area contributed by atoms with Crippen molar-refractivity contribution in [1.82, 2.24) is 14.8 Å². The first-order valence-electron chi connectivity index (χ1n) is 9.70. The molecule has 0 radical (unpaired) electrons. The van der Waals surface area contributed by atoms with E-state index in [1.54, 1.807) is 31.7 Å². The van der Waals surface area contributed by atoms with Gasteiger partial charge >= 0.3 is 6.09 Å². The number of rotatable bonds is 5. The van der Waals surface area contributed by atoms with Crippen LogP contribution in [0.15, 0.2) is 18.3 Å². The lowest BCUT2D eigenvalue weighted by Crippen LogP contribution is -2.60. The molecule has 0 bridgehead atoms. The van der Waals surface area contributed by atoms with E-state index < -0.39 is 17.7 Å². The lowest BCUT2D eigenvalue weighted by atomic mass is 9.94. The van der Waals surface area contributed by atoms with Crippen LogP contribution in [-0.2, 0) is 4.79 Å². The van der Waals surface area contributed by atoms with Gasteiger partial charge in [-0.15, -0.1) is 0 Å². The summed E-state index contributed by atoms with van der Waals surface area (Å²) in [6.07, 6.45) is 1.52. The molecule has 2 rings (SSSR count). The Bertz CT molecular complexity index is 680. The van der Waals surface area contributed by atoms with Crippen molar-refractivity contribution in [3.8, 4) is 0 Å². The topological polar surface area (TPSA) is 85.8 Å². The second-order valence-electron chi connectivity index (χ2n) is 8.62. The van der Waals surface area contributed by atoms with Gasteiger partial charge in [-0.1, -0.05) is 13.8 Å². The van der Waals surface area contributed by atoms with Crippen molar-refractivity contribution in [2.24, 2.45) is 5.92 Å². The van der Waals surface area contributed by atoms with Crippen molar-refractivity contribution in [2.75, 3.05) is 18.4 Å². The van der Waals surface area contributed by atoms with Crippen molar-refractivity contribution in [2.45, 2.75) is 65.1 Å². The zero-order chi connectivity index (χ0) is 21.1. The fourth-order valence-electron chi connectivity index (χ4n) is 3.62. The van der Waals surface area contributed by atoms with Crippen LogP contribution in [0, 0.1) is 11.7 Å². The molecule has 2 N–H and O–H groups in total. The SMILES string of the molecule is CC(C)[C@@H](C(=O)N1CCC(Nc2ccc(F)cn2)CC1)N(C(=O)O)C(C)(C)C. The minimum atomic E-state index is -1.08. The van der Waals surface area contributed by atoms with Gasteiger partial charge in [-0.05, 0) is 51.7 Å². The largest absolute Gasteiger partial charge is 0.465 e. The van der Waals surface area contributed by atoms with Gasteiger partial charge in [0.15, 0.2) is 0 Å². The van der Waals surface area contributed by atoms with Gasteiger partial charge in [-0.2, -0.15) is 0 Å². The second-order valence-corrected chi connectivity index (χ2v) is 8.62. The Balaban J connectivity index is 2.03. The summed E-state index contributed by atoms with van der Waals surface area (Å²) in [4.78, 5) is 32.1. The summed E-state index contributed by atoms with van der Waals surface area (Å²) >= 11 is 0. The van der Waals surface area contributed by atoms with Gasteiger partial charge in [0.2, 0.25) is 5.91 Å². The number of hydrogen-bond donors (Lipinski definition) is 2. The fraction of sp³-hybridized carbons (Fsp3) is 0.650. The number of nitrogens with zero attached hydrogens (tertiary/aromatic N) is 3. The molecule has 156 valence electrons. The standard InChI is InChI=1S/C20H31FN4O3/c1-13(2)17(25(19(27)28)20(3,4)5)18(26)24-10-8-15(9-11-24)23-16-7-6-14(21)12-22-16/h6-7,12-13,15,17H,8-11H2,1-5H3,(H,22,23)(H,27,28)/t17-/m0/s1. The van der Waals surface area contributed by atoms with Gasteiger partial charge < -0.3 is 15.3 Å². The highest BCUT2D eigenvalue weighted by molar-refractivity contribution is 5.86. The van der Waals surface area contributed by atoms with Crippen LogP contribution in [0.3, 0.4) is 0 Å². The molecule has 1 atom stereocenters. The number of amides is 2. The highest BCUT2D eigenvalue weighted by atomic mass is 19.1. The molecular formula is C20H31FN4O3. The Kier molecular flexibility index (Phi) is 6.85. The van der Waals surface area contributed by atoms with Crippen LogP contribution >= 0.6 is 0 Å². The Morgan fingerprint density at radius 2 is 1.89 bits per heavy atom. The summed E-state index contributed by atoms with van der Waals surface area (Å²) < 4.78 is 13.0. The lowest BCUT2D eigenvalue weighted by Gasteiger charge is -2.43. The number of anilines is 1. The zero-order valence-corrected chi connectivity index (χ0v) is 17.3. The van der Waals surface area contributed by atoms with Crippen LogP contribution in [0.1, 0.15) is 47.5 Å². The average Bonchev–Trinajstić information content (AvgIpc) is 2.60. The number of halogens is 1. The quantitative estimate of drug-likeness (QED) is 0.799. The van der Waals surface area contributed by atoms with Gasteiger partial charge in [-0.3, -0.25) is 9.69 Å². The van der Waals surface area contributed by atoms with Gasteiger partial charge in [0.25, 0.3) is 0 Å². The minimum absolute atomic E-state index is 0.137. The van der Waals surface area contributed by atoms with Crippen LogP contribution in [0.5, 0.6) is 0 Å². The molecule has 1 fully saturated rings. The van der Waals surface area contributed by atoms with Crippen molar-refractivity contribution in [3.63, 3.8) is 0 Å². The molecule has 1 aromatic heterocycles. The highest BCUT2D eigenvalue weighted by Gasteiger charge is 2.41. The van der Waals surface area contributed by atoms with E-state index in [0.29, 0.717) is 18.9 Å². The molecule has 1 aromatic rings. The van der Waals surface area contributed by atoms with Crippen molar-refractivity contribution < 1.29 is 19.1 Å². The van der Waals surface area contributed by atoms with Crippen molar-refractivity contribution in [1.29, 1.82) is 0 Å². The first-order valence-corrected chi connectivity index (χ1v) is 9.70. The van der Waals surface area contributed by atoms with E-state index in [9.17, 15) is 19.1 Å². The van der Waals surface area contributed by atoms with Crippen LogP contribution in [0.2, 0.25) is 0 Å². The molecule has 1 aliphatic heterocycles. The molecule has 2 heterocycles. The summed E-state index contributed by atoms with van der Waals surface area (Å²) in [5, 5.41) is 13.0. The first-order chi connectivity index (χ1) is 13.0. The fourth-order valence-corrected chi connectivity index (χ4v) is 3.62. The summed E-state index contributed by atoms with van der Waals surface area (Å²) in [7, 11) is 0. The lowest BCUT2D eigenvalue weighted by molar-refractivity contribution is -0.141. The summed E-state index contributed by atoms with van der Waals surface area (Å²) in [6.45, 7) is 10.2. The normalized spacial score (nSPS) is 16.8. The third-order valence-electron chi connectivity index (χ3n) is 4.98. The minimum Gasteiger partial charge on any atom is -0.465 e. The number of carboxylic acid groups (broad SMARTS) is 1. The molecule has 1 aliphatic rings. The first kappa shape index (κ1) is 21.9. The summed E-state index contributed by atoms with van der Waals surface area (Å²) in [5.41, 5.74) is -0.676. The van der Waals surface area contributed by atoms with E-state index in [1.165, 1.54) is 17.2 Å². The Labute approximate surface area is 165 Å². The Morgan fingerprint density at radius 1 is 1.29 bits per heavy atom. The number of piperidine rings is 1. The molecule has 28 heavy (non-hydrogen) atoms. The molecule has 0 unspecified atom stereocenters. The molecule has 1 saturated heterocycles. The number of carbonyl (C=O) groups is 2. The Hall–Kier alpha value is -2.38. The van der Waals surface area contributed by atoms with Crippen LogP contribution in [-0.4, -0.2) is 62.6 Å². The number of pyridine rings is 1. The molecule has 8 heteroatoms. The van der Waals surface area contributed by atoms with Crippen molar-refractivity contribution in [3.05, 3.63) is 24.1 Å². The van der Waals surface area contributed by atoms with E-state index in [-0.39, 0.29) is 23.7 Å². The summed E-state index contributed by atoms with van der Waals surface area (Å²) in [5.74, 6) is -0.0590. The molecule has 0 spiro atoms. The molecule has 7 nitrogen and oxygen atoms in total. The third kappa shape index (κ3) is 5.33. The molecule has 2 amide bonds. The predicted octanol–water partition coefficient (Wildman–Crippen LogP) is 3.43. The highest BCUT2D eigenvalue weighted by Crippen LogP contribution is 2.25. The van der Waals surface area contributed by atoms with E-state index >= 15 is 0 Å². The predicted molar refractivity (Wildman–Crippen MR) is 106 cm³/mol. The number of likely N-dealkylation sites (tertiary alicyclic amines) is 1. The molecule has 0 saturated carbocycles. The Morgan fingerprint density at radius 3 is 2.32 bits per heavy atom. The van der Waals surface area contributed by atoms with Crippen LogP contribution in [0.25, 0.3) is 0 Å². The number of hydrogen-bond acceptors (Lipinski definition) is 4. The smallest absolute Gasteiger partial charge is 0.408 e. The van der Waals surface area contributed by atoms with Crippen LogP contribution < -0.4 is 5.32 Å². The van der Waals surface area contributed by atoms with Gasteiger partial charge in [0, 0.05) is 24.7 Å². The molecule has 0 aromatic carbocycles. The van der Waals surface area contributed by atoms with Crippen LogP contribution in [0.4, 0.5) is 15.0 Å². The molecule has 0 aliphatic carbocycles. The monoisotopic (exact) mass is 394 g/mol. The van der Waals surface area contributed by atoms with Gasteiger partial charge in [-0.25, -0.2) is 14.2 Å². The van der Waals surface area contributed by atoms with E-state index in [0.717, 1.165) is 12.8 Å². The molecular weight excluding hydrogens is 363 g/mol. The average molecular weight is 394 g/mol. The van der Waals surface area contributed by atoms with Gasteiger partial charge in [0.1, 0.15) is 17.7 Å². The van der Waals surface area contributed by atoms with E-state index in [4.69, 9.17) is 0 Å². The van der Waals surface area contributed by atoms with Gasteiger partial charge in [0.05, 0.1) is 6.20 Å². The maximum atomic E-state index is 13.2. The third-order valence-corrected chi connectivity index (χ3v) is 4.98. The number of carbonyl (C=O) groups excluding carboxylic acids is 1. The van der Waals surface area contributed by atoms with E-state index in [2.05, 4.69) is 10.3 Å².